The molecule has 0 saturated heterocycles. The number of hydrogen-bond donors (Lipinski definition) is 1. The monoisotopic (exact) mass is 534 g/mol. The number of fused-ring (bicyclic) bond motifs is 1. The first-order chi connectivity index (χ1) is 18.1. The van der Waals surface area contributed by atoms with E-state index in [0.29, 0.717) is 33.5 Å². The number of pyridine rings is 1. The fourth-order valence-electron chi connectivity index (χ4n) is 5.19. The number of nitrogens with zero attached hydrogens (tertiary/aromatic N) is 2. The van der Waals surface area contributed by atoms with Gasteiger partial charge in [0, 0.05) is 30.4 Å². The van der Waals surface area contributed by atoms with Crippen molar-refractivity contribution in [2.45, 2.75) is 37.9 Å². The zero-order valence-corrected chi connectivity index (χ0v) is 21.4. The Morgan fingerprint density at radius 1 is 1.11 bits per heavy atom. The van der Waals surface area contributed by atoms with E-state index in [4.69, 9.17) is 4.74 Å². The number of carbonyl (C=O) groups is 1. The number of hydrogen-bond acceptors (Lipinski definition) is 5. The zero-order valence-electron chi connectivity index (χ0n) is 20.6. The van der Waals surface area contributed by atoms with Crippen LogP contribution in [0.15, 0.2) is 64.4 Å². The van der Waals surface area contributed by atoms with Crippen LogP contribution >= 0.6 is 0 Å². The second kappa shape index (κ2) is 8.50. The number of carboxylic acids is 1. The van der Waals surface area contributed by atoms with Gasteiger partial charge in [-0.1, -0.05) is 17.7 Å². The van der Waals surface area contributed by atoms with E-state index in [1.165, 1.54) is 22.6 Å². The Hall–Kier alpha value is -4.02. The Labute approximate surface area is 217 Å². The summed E-state index contributed by atoms with van der Waals surface area (Å²) in [6.07, 6.45) is 1.32. The first-order valence-electron chi connectivity index (χ1n) is 12.0. The molecule has 10 heteroatoms. The van der Waals surface area contributed by atoms with Gasteiger partial charge in [-0.15, -0.1) is 0 Å². The lowest BCUT2D eigenvalue weighted by atomic mass is 9.96. The smallest absolute Gasteiger partial charge is 0.341 e. The number of carboxylic acid groups (broad SMARTS) is 1. The van der Waals surface area contributed by atoms with Crippen LogP contribution in [0.2, 0.25) is 0 Å². The van der Waals surface area contributed by atoms with Gasteiger partial charge in [0.25, 0.3) is 0 Å². The quantitative estimate of drug-likeness (QED) is 0.414. The maximum absolute atomic E-state index is 15.4. The molecule has 3 heterocycles. The predicted octanol–water partition coefficient (Wildman–Crippen LogP) is 4.47. The van der Waals surface area contributed by atoms with Gasteiger partial charge in [-0.2, -0.15) is 4.31 Å². The van der Waals surface area contributed by atoms with Crippen molar-refractivity contribution in [2.24, 2.45) is 0 Å². The zero-order chi connectivity index (χ0) is 26.9. The van der Waals surface area contributed by atoms with Crippen molar-refractivity contribution in [1.82, 2.24) is 8.87 Å². The molecule has 1 atom stereocenters. The molecule has 0 fully saturated rings. The summed E-state index contributed by atoms with van der Waals surface area (Å²) in [5.41, 5.74) is 2.30. The van der Waals surface area contributed by atoms with Crippen molar-refractivity contribution >= 4 is 26.9 Å². The van der Waals surface area contributed by atoms with E-state index in [0.717, 1.165) is 5.56 Å². The van der Waals surface area contributed by atoms with Gasteiger partial charge >= 0.3 is 5.97 Å². The van der Waals surface area contributed by atoms with Crippen molar-refractivity contribution in [3.8, 4) is 16.9 Å². The summed E-state index contributed by atoms with van der Waals surface area (Å²) in [5.74, 6) is -1.49. The van der Waals surface area contributed by atoms with Gasteiger partial charge in [0.05, 0.1) is 21.8 Å². The number of halogens is 1. The number of rotatable bonds is 4. The van der Waals surface area contributed by atoms with E-state index < -0.39 is 27.2 Å². The number of ether oxygens (including phenoxy) is 1. The van der Waals surface area contributed by atoms with E-state index >= 15 is 4.39 Å². The molecule has 4 aromatic rings. The van der Waals surface area contributed by atoms with Crippen molar-refractivity contribution in [2.75, 3.05) is 6.61 Å². The third-order valence-corrected chi connectivity index (χ3v) is 9.07. The Bertz CT molecular complexity index is 1830. The molecule has 3 aromatic carbocycles. The van der Waals surface area contributed by atoms with Crippen molar-refractivity contribution in [3.63, 3.8) is 0 Å². The minimum Gasteiger partial charge on any atom is -0.489 e. The summed E-state index contributed by atoms with van der Waals surface area (Å²) in [6.45, 7) is 3.89. The molecule has 38 heavy (non-hydrogen) atoms. The van der Waals surface area contributed by atoms with Gasteiger partial charge in [0.2, 0.25) is 15.5 Å². The highest BCUT2D eigenvalue weighted by Crippen LogP contribution is 2.42. The van der Waals surface area contributed by atoms with E-state index in [9.17, 15) is 23.1 Å². The molecule has 8 nitrogen and oxygen atoms in total. The Morgan fingerprint density at radius 3 is 2.55 bits per heavy atom. The standard InChI is InChI=1S/C28H23FN2O6S/c1-15-3-5-19(6-4-15)38(35,36)30-11-18-9-17(10-24(29)22(18)12-30)20-7-8-21-25-27(20)37-14-16(2)31(25)13-23(26(21)32)28(33)34/h3-10,13,16H,11-12,14H2,1-2H3,(H,33,34)/t16-/m0/s1. The Balaban J connectivity index is 1.45. The lowest BCUT2D eigenvalue weighted by molar-refractivity contribution is 0.0694. The molecule has 0 unspecified atom stereocenters. The van der Waals surface area contributed by atoms with E-state index in [-0.39, 0.29) is 41.6 Å². The summed E-state index contributed by atoms with van der Waals surface area (Å²) in [6, 6.07) is 12.5. The Morgan fingerprint density at radius 2 is 1.84 bits per heavy atom. The molecule has 0 spiro atoms. The van der Waals surface area contributed by atoms with Gasteiger partial charge in [0.1, 0.15) is 18.0 Å². The molecule has 0 amide bonds. The average molecular weight is 535 g/mol. The van der Waals surface area contributed by atoms with Crippen molar-refractivity contribution in [1.29, 1.82) is 0 Å². The highest BCUT2D eigenvalue weighted by molar-refractivity contribution is 7.89. The van der Waals surface area contributed by atoms with Gasteiger partial charge in [-0.05, 0) is 61.4 Å². The lowest BCUT2D eigenvalue weighted by Crippen LogP contribution is -2.26. The third kappa shape index (κ3) is 3.63. The molecule has 0 bridgehead atoms. The molecule has 2 aliphatic rings. The van der Waals surface area contributed by atoms with E-state index in [1.807, 2.05) is 13.8 Å². The second-order valence-electron chi connectivity index (χ2n) is 9.76. The number of aryl methyl sites for hydroxylation is 1. The highest BCUT2D eigenvalue weighted by Gasteiger charge is 2.33. The van der Waals surface area contributed by atoms with Crippen LogP contribution in [0.5, 0.6) is 5.75 Å². The Kier molecular flexibility index (Phi) is 5.44. The van der Waals surface area contributed by atoms with Crippen LogP contribution in [0.4, 0.5) is 4.39 Å². The fraction of sp³-hybridized carbons (Fsp3) is 0.214. The molecule has 0 radical (unpaired) electrons. The first-order valence-corrected chi connectivity index (χ1v) is 13.5. The van der Waals surface area contributed by atoms with Crippen LogP contribution in [0.3, 0.4) is 0 Å². The number of sulfonamides is 1. The summed E-state index contributed by atoms with van der Waals surface area (Å²) in [4.78, 5) is 24.7. The molecule has 6 rings (SSSR count). The molecule has 0 aliphatic carbocycles. The van der Waals surface area contributed by atoms with Crippen LogP contribution < -0.4 is 10.2 Å². The molecule has 1 N–H and O–H groups in total. The summed E-state index contributed by atoms with van der Waals surface area (Å²) >= 11 is 0. The maximum atomic E-state index is 15.4. The topological polar surface area (TPSA) is 106 Å². The summed E-state index contributed by atoms with van der Waals surface area (Å²) in [7, 11) is -3.82. The third-order valence-electron chi connectivity index (χ3n) is 7.26. The molecule has 2 aliphatic heterocycles. The van der Waals surface area contributed by atoms with Crippen LogP contribution in [0, 0.1) is 12.7 Å². The largest absolute Gasteiger partial charge is 0.489 e. The first kappa shape index (κ1) is 24.3. The number of benzene rings is 3. The summed E-state index contributed by atoms with van der Waals surface area (Å²) in [5, 5.41) is 9.70. The predicted molar refractivity (Wildman–Crippen MR) is 138 cm³/mol. The summed E-state index contributed by atoms with van der Waals surface area (Å²) < 4.78 is 50.8. The SMILES string of the molecule is Cc1ccc(S(=O)(=O)N2Cc3cc(-c4ccc5c(=O)c(C(=O)O)cn6c5c4OC[C@@H]6C)cc(F)c3C2)cc1. The molecule has 194 valence electrons. The lowest BCUT2D eigenvalue weighted by Gasteiger charge is -2.28. The second-order valence-corrected chi connectivity index (χ2v) is 11.7. The van der Waals surface area contributed by atoms with Gasteiger partial charge in [-0.3, -0.25) is 4.79 Å². The minimum atomic E-state index is -3.82. The van der Waals surface area contributed by atoms with Gasteiger partial charge in [-0.25, -0.2) is 17.6 Å². The van der Waals surface area contributed by atoms with E-state index in [2.05, 4.69) is 0 Å². The minimum absolute atomic E-state index is 0.0176. The number of aromatic nitrogens is 1. The van der Waals surface area contributed by atoms with Crippen LogP contribution in [0.1, 0.15) is 40.0 Å². The molecular formula is C28H23FN2O6S. The van der Waals surface area contributed by atoms with E-state index in [1.54, 1.807) is 41.0 Å². The van der Waals surface area contributed by atoms with Crippen LogP contribution in [-0.4, -0.2) is 35.0 Å². The van der Waals surface area contributed by atoms with Gasteiger partial charge in [0.15, 0.2) is 5.75 Å². The number of aromatic carboxylic acids is 1. The van der Waals surface area contributed by atoms with Crippen LogP contribution in [-0.2, 0) is 23.1 Å². The van der Waals surface area contributed by atoms with Gasteiger partial charge < -0.3 is 14.4 Å². The van der Waals surface area contributed by atoms with Crippen LogP contribution in [0.25, 0.3) is 22.0 Å². The average Bonchev–Trinajstić information content (AvgIpc) is 3.33. The maximum Gasteiger partial charge on any atom is 0.341 e. The fourth-order valence-corrected chi connectivity index (χ4v) is 6.58. The molecule has 0 saturated carbocycles. The normalized spacial score (nSPS) is 16.9. The molecular weight excluding hydrogens is 511 g/mol. The van der Waals surface area contributed by atoms with Crippen molar-refractivity contribution < 1.29 is 27.4 Å². The highest BCUT2D eigenvalue weighted by atomic mass is 32.2. The van der Waals surface area contributed by atoms with Crippen molar-refractivity contribution in [3.05, 3.63) is 93.0 Å². The molecule has 1 aromatic heterocycles.